The highest BCUT2D eigenvalue weighted by atomic mass is 32.2. The molecule has 12 heteroatoms. The largest absolute Gasteiger partial charge is 0.492 e. The number of hydrogen-bond acceptors (Lipinski definition) is 10. The molecule has 1 aliphatic heterocycles. The number of aryl methyl sites for hydroxylation is 1. The Bertz CT molecular complexity index is 1500. The van der Waals surface area contributed by atoms with Gasteiger partial charge in [0.15, 0.2) is 23.0 Å². The van der Waals surface area contributed by atoms with Crippen LogP contribution < -0.4 is 14.4 Å². The van der Waals surface area contributed by atoms with Gasteiger partial charge in [-0.25, -0.2) is 4.98 Å². The molecule has 1 N–H and O–H groups in total. The molecule has 10 nitrogen and oxygen atoms in total. The number of carbonyl (C=O) groups excluding carboxylic acids is 1. The zero-order valence-corrected chi connectivity index (χ0v) is 21.6. The molecular formula is C25H25N3O7S2. The van der Waals surface area contributed by atoms with Gasteiger partial charge in [0.2, 0.25) is 4.34 Å². The number of aromatic nitrogens is 1. The number of anilines is 2. The van der Waals surface area contributed by atoms with E-state index in [1.165, 1.54) is 19.4 Å². The van der Waals surface area contributed by atoms with E-state index in [1.807, 2.05) is 12.1 Å². The molecule has 1 aromatic carbocycles. The van der Waals surface area contributed by atoms with Crippen LogP contribution in [-0.2, 0) is 26.0 Å². The summed E-state index contributed by atoms with van der Waals surface area (Å²) in [6.07, 6.45) is 6.62. The van der Waals surface area contributed by atoms with E-state index < -0.39 is 10.0 Å². The van der Waals surface area contributed by atoms with Gasteiger partial charge in [0, 0.05) is 54.5 Å². The predicted octanol–water partition coefficient (Wildman–Crippen LogP) is 4.34. The molecule has 4 aromatic rings. The van der Waals surface area contributed by atoms with Crippen LogP contribution >= 0.6 is 11.3 Å². The molecule has 0 saturated carbocycles. The first-order valence-corrected chi connectivity index (χ1v) is 13.9. The molecule has 1 fully saturated rings. The summed E-state index contributed by atoms with van der Waals surface area (Å²) in [6, 6.07) is 7.09. The normalized spacial score (nSPS) is 14.5. The number of benzene rings is 1. The van der Waals surface area contributed by atoms with Gasteiger partial charge < -0.3 is 23.2 Å². The van der Waals surface area contributed by atoms with Crippen LogP contribution in [0, 0.1) is 0 Å². The van der Waals surface area contributed by atoms with Crippen LogP contribution in [0.25, 0.3) is 17.0 Å². The predicted molar refractivity (Wildman–Crippen MR) is 140 cm³/mol. The Morgan fingerprint density at radius 2 is 2.14 bits per heavy atom. The first kappa shape index (κ1) is 25.1. The van der Waals surface area contributed by atoms with Crippen molar-refractivity contribution in [3.05, 3.63) is 59.5 Å². The van der Waals surface area contributed by atoms with Crippen LogP contribution in [0.15, 0.2) is 61.4 Å². The number of ether oxygens (including phenoxy) is 2. The summed E-state index contributed by atoms with van der Waals surface area (Å²) in [7, 11) is -2.49. The molecule has 0 amide bonds. The third-order valence-corrected chi connectivity index (χ3v) is 8.40. The number of ketones is 1. The van der Waals surface area contributed by atoms with Crippen molar-refractivity contribution in [2.45, 2.75) is 17.2 Å². The number of nitrogens with zero attached hydrogens (tertiary/aromatic N) is 2. The van der Waals surface area contributed by atoms with Gasteiger partial charge in [0.05, 0.1) is 32.3 Å². The maximum Gasteiger partial charge on any atom is 0.289 e. The van der Waals surface area contributed by atoms with E-state index in [0.29, 0.717) is 66.7 Å². The maximum atomic E-state index is 13.0. The van der Waals surface area contributed by atoms with Crippen LogP contribution in [-0.4, -0.2) is 52.6 Å². The molecule has 0 bridgehead atoms. The Labute approximate surface area is 217 Å². The Balaban J connectivity index is 1.53. The fourth-order valence-corrected chi connectivity index (χ4v) is 5.94. The second kappa shape index (κ2) is 10.8. The molecule has 0 spiro atoms. The lowest BCUT2D eigenvalue weighted by Gasteiger charge is -2.26. The topological polar surface area (TPSA) is 124 Å². The summed E-state index contributed by atoms with van der Waals surface area (Å²) in [5.74, 6) is 1.49. The number of morpholine rings is 1. The average Bonchev–Trinajstić information content (AvgIpc) is 3.68. The first-order valence-electron chi connectivity index (χ1n) is 11.6. The minimum absolute atomic E-state index is 0.0720. The summed E-state index contributed by atoms with van der Waals surface area (Å²) < 4.78 is 51.2. The molecule has 194 valence electrons. The van der Waals surface area contributed by atoms with Crippen molar-refractivity contribution in [1.29, 1.82) is 0 Å². The van der Waals surface area contributed by atoms with Gasteiger partial charge in [-0.3, -0.25) is 9.52 Å². The number of fused-ring (bicyclic) bond motifs is 1. The Kier molecular flexibility index (Phi) is 7.31. The summed E-state index contributed by atoms with van der Waals surface area (Å²) in [5.41, 5.74) is 1.05. The molecule has 0 aliphatic carbocycles. The molecule has 37 heavy (non-hydrogen) atoms. The molecule has 4 heterocycles. The number of carbonyl (C=O) groups is 1. The summed E-state index contributed by atoms with van der Waals surface area (Å²) in [4.78, 5) is 18.6. The highest BCUT2D eigenvalue weighted by Crippen LogP contribution is 2.41. The number of hydrogen-bond donors (Lipinski definition) is 1. The molecule has 5 rings (SSSR count). The smallest absolute Gasteiger partial charge is 0.289 e. The van der Waals surface area contributed by atoms with Crippen molar-refractivity contribution in [2.24, 2.45) is 0 Å². The molecule has 0 atom stereocenters. The Morgan fingerprint density at radius 1 is 1.30 bits per heavy atom. The fourth-order valence-electron chi connectivity index (χ4n) is 4.04. The second-order valence-electron chi connectivity index (χ2n) is 8.26. The van der Waals surface area contributed by atoms with Gasteiger partial charge in [-0.15, -0.1) is 11.3 Å². The van der Waals surface area contributed by atoms with E-state index in [-0.39, 0.29) is 22.2 Å². The minimum atomic E-state index is -3.97. The summed E-state index contributed by atoms with van der Waals surface area (Å²) in [5, 5.41) is 2.23. The summed E-state index contributed by atoms with van der Waals surface area (Å²) in [6.45, 7) is 2.51. The van der Waals surface area contributed by atoms with Crippen LogP contribution in [0.3, 0.4) is 0 Å². The molecule has 0 unspecified atom stereocenters. The van der Waals surface area contributed by atoms with E-state index in [1.54, 1.807) is 29.9 Å². The molecule has 3 aromatic heterocycles. The van der Waals surface area contributed by atoms with Crippen LogP contribution in [0.4, 0.5) is 11.6 Å². The lowest BCUT2D eigenvalue weighted by Crippen LogP contribution is -2.35. The molecule has 1 saturated heterocycles. The fraction of sp³-hybridized carbons (Fsp3) is 0.280. The molecule has 0 radical (unpaired) electrons. The van der Waals surface area contributed by atoms with Gasteiger partial charge in [0.1, 0.15) is 5.76 Å². The van der Waals surface area contributed by atoms with E-state index in [4.69, 9.17) is 18.3 Å². The number of nitrogens with one attached hydrogen (secondary N) is 1. The number of thiazole rings is 1. The zero-order valence-electron chi connectivity index (χ0n) is 20.0. The van der Waals surface area contributed by atoms with Gasteiger partial charge >= 0.3 is 0 Å². The Hall–Kier alpha value is -3.61. The standard InChI is InChI=1S/C25H25N3O7S2/c1-32-24-20(7-5-18(29)4-6-19-3-2-11-34-19)21(27-37(30,31)25-26-8-14-36-25)15-17-16-22(35-23(17)24)28-9-12-33-13-10-28/h2-3,5,7-8,11,14-16,27H,4,6,9-10,12-13H2,1H3/b7-5+. The highest BCUT2D eigenvalue weighted by Gasteiger charge is 2.24. The monoisotopic (exact) mass is 543 g/mol. The van der Waals surface area contributed by atoms with Crippen LogP contribution in [0.5, 0.6) is 5.75 Å². The average molecular weight is 544 g/mol. The van der Waals surface area contributed by atoms with Crippen molar-refractivity contribution in [1.82, 2.24) is 4.98 Å². The number of sulfonamides is 1. The van der Waals surface area contributed by atoms with E-state index in [0.717, 1.165) is 11.3 Å². The van der Waals surface area contributed by atoms with Crippen molar-refractivity contribution in [3.63, 3.8) is 0 Å². The van der Waals surface area contributed by atoms with Gasteiger partial charge in [-0.05, 0) is 30.4 Å². The van der Waals surface area contributed by atoms with E-state index in [2.05, 4.69) is 14.6 Å². The van der Waals surface area contributed by atoms with Crippen molar-refractivity contribution < 1.29 is 31.5 Å². The van der Waals surface area contributed by atoms with Gasteiger partial charge in [-0.1, -0.05) is 0 Å². The van der Waals surface area contributed by atoms with Crippen LogP contribution in [0.2, 0.25) is 0 Å². The molecule has 1 aliphatic rings. The number of rotatable bonds is 10. The lowest BCUT2D eigenvalue weighted by atomic mass is 10.1. The van der Waals surface area contributed by atoms with Crippen molar-refractivity contribution >= 4 is 55.8 Å². The number of allylic oxidation sites excluding steroid dienone is 1. The number of methoxy groups -OCH3 is 1. The SMILES string of the molecule is COc1c(/C=C/C(=O)CCc2ccco2)c(NS(=O)(=O)c2nccs2)cc2cc(N3CCOCC3)oc12. The van der Waals surface area contributed by atoms with E-state index in [9.17, 15) is 13.2 Å². The minimum Gasteiger partial charge on any atom is -0.492 e. The highest BCUT2D eigenvalue weighted by molar-refractivity contribution is 7.94. The second-order valence-corrected chi connectivity index (χ2v) is 11.0. The van der Waals surface area contributed by atoms with Crippen molar-refractivity contribution in [3.8, 4) is 5.75 Å². The summed E-state index contributed by atoms with van der Waals surface area (Å²) >= 11 is 1.00. The van der Waals surface area contributed by atoms with Crippen molar-refractivity contribution in [2.75, 3.05) is 43.0 Å². The third kappa shape index (κ3) is 5.55. The first-order chi connectivity index (χ1) is 17.9. The number of furan rings is 2. The molecular weight excluding hydrogens is 518 g/mol. The maximum absolute atomic E-state index is 13.0. The zero-order chi connectivity index (χ0) is 25.8. The van der Waals surface area contributed by atoms with Crippen LogP contribution in [0.1, 0.15) is 17.7 Å². The third-order valence-electron chi connectivity index (χ3n) is 5.83. The Morgan fingerprint density at radius 3 is 2.84 bits per heavy atom. The van der Waals surface area contributed by atoms with Gasteiger partial charge in [0.25, 0.3) is 10.0 Å². The quantitative estimate of drug-likeness (QED) is 0.291. The van der Waals surface area contributed by atoms with E-state index >= 15 is 0 Å². The lowest BCUT2D eigenvalue weighted by molar-refractivity contribution is -0.114. The van der Waals surface area contributed by atoms with Gasteiger partial charge in [-0.2, -0.15) is 8.42 Å².